The molecule has 1 saturated carbocycles. The number of rotatable bonds is 5. The summed E-state index contributed by atoms with van der Waals surface area (Å²) in [5.41, 5.74) is 0.236. The molecule has 0 radical (unpaired) electrons. The first-order valence-electron chi connectivity index (χ1n) is 7.94. The fourth-order valence-electron chi connectivity index (χ4n) is 2.90. The average molecular weight is 329 g/mol. The van der Waals surface area contributed by atoms with Gasteiger partial charge in [0.25, 0.3) is 0 Å². The molecule has 0 aromatic heterocycles. The van der Waals surface area contributed by atoms with Crippen molar-refractivity contribution in [3.8, 4) is 5.75 Å². The van der Waals surface area contributed by atoms with E-state index in [0.717, 1.165) is 18.8 Å². The molecule has 1 aliphatic carbocycles. The van der Waals surface area contributed by atoms with Crippen molar-refractivity contribution in [2.24, 2.45) is 11.8 Å². The van der Waals surface area contributed by atoms with Crippen LogP contribution in [-0.4, -0.2) is 18.8 Å². The molecule has 0 atom stereocenters. The fraction of sp³-hybridized carbons (Fsp3) is 0.588. The second-order valence-corrected chi connectivity index (χ2v) is 6.26. The quantitative estimate of drug-likeness (QED) is 0.884. The van der Waals surface area contributed by atoms with Crippen LogP contribution in [0.1, 0.15) is 38.2 Å². The van der Waals surface area contributed by atoms with Crippen LogP contribution in [0.5, 0.6) is 5.75 Å². The number of hydrogen-bond donors (Lipinski definition) is 1. The van der Waals surface area contributed by atoms with E-state index in [1.807, 2.05) is 0 Å². The van der Waals surface area contributed by atoms with Gasteiger partial charge in [-0.25, -0.2) is 0 Å². The molecule has 0 aliphatic heterocycles. The molecule has 1 amide bonds. The van der Waals surface area contributed by atoms with Crippen molar-refractivity contribution in [3.63, 3.8) is 0 Å². The predicted octanol–water partition coefficient (Wildman–Crippen LogP) is 4.07. The van der Waals surface area contributed by atoms with Gasteiger partial charge in [0.1, 0.15) is 5.75 Å². The summed E-state index contributed by atoms with van der Waals surface area (Å²) < 4.78 is 41.0. The summed E-state index contributed by atoms with van der Waals surface area (Å²) in [6.45, 7) is 2.82. The first kappa shape index (κ1) is 17.6. The van der Waals surface area contributed by atoms with E-state index in [0.29, 0.717) is 12.5 Å². The van der Waals surface area contributed by atoms with E-state index in [1.165, 1.54) is 31.0 Å². The molecule has 0 bridgehead atoms. The lowest BCUT2D eigenvalue weighted by Crippen LogP contribution is -2.32. The van der Waals surface area contributed by atoms with Gasteiger partial charge in [0, 0.05) is 12.1 Å². The van der Waals surface area contributed by atoms with Crippen LogP contribution in [0.2, 0.25) is 0 Å². The number of para-hydroxylation sites is 1. The molecule has 0 heterocycles. The second kappa shape index (κ2) is 7.70. The minimum absolute atomic E-state index is 0.116. The number of carbonyl (C=O) groups is 1. The van der Waals surface area contributed by atoms with Crippen molar-refractivity contribution in [3.05, 3.63) is 29.8 Å². The van der Waals surface area contributed by atoms with Crippen LogP contribution in [0.3, 0.4) is 0 Å². The largest absolute Gasteiger partial charge is 0.573 e. The van der Waals surface area contributed by atoms with Crippen LogP contribution in [0.4, 0.5) is 13.2 Å². The second-order valence-electron chi connectivity index (χ2n) is 6.26. The molecule has 128 valence electrons. The first-order chi connectivity index (χ1) is 10.8. The van der Waals surface area contributed by atoms with Crippen molar-refractivity contribution < 1.29 is 22.7 Å². The Morgan fingerprint density at radius 1 is 1.22 bits per heavy atom. The zero-order valence-electron chi connectivity index (χ0n) is 13.2. The highest BCUT2D eigenvalue weighted by molar-refractivity contribution is 5.79. The molecule has 1 aromatic rings. The van der Waals surface area contributed by atoms with Gasteiger partial charge in [0.2, 0.25) is 5.91 Å². The number of halogens is 3. The number of nitrogens with one attached hydrogen (secondary N) is 1. The SMILES string of the molecule is CC1CCC(CNC(=O)Cc2ccccc2OC(F)(F)F)CC1. The third-order valence-corrected chi connectivity index (χ3v) is 4.27. The summed E-state index contributed by atoms with van der Waals surface area (Å²) in [5.74, 6) is 0.619. The molecule has 23 heavy (non-hydrogen) atoms. The van der Waals surface area contributed by atoms with Crippen molar-refractivity contribution in [1.29, 1.82) is 0 Å². The number of benzene rings is 1. The van der Waals surface area contributed by atoms with Crippen LogP contribution < -0.4 is 10.1 Å². The first-order valence-corrected chi connectivity index (χ1v) is 7.94. The van der Waals surface area contributed by atoms with Gasteiger partial charge in [0.05, 0.1) is 6.42 Å². The molecular weight excluding hydrogens is 307 g/mol. The lowest BCUT2D eigenvalue weighted by molar-refractivity contribution is -0.274. The fourth-order valence-corrected chi connectivity index (χ4v) is 2.90. The number of alkyl halides is 3. The summed E-state index contributed by atoms with van der Waals surface area (Å²) >= 11 is 0. The maximum absolute atomic E-state index is 12.4. The number of ether oxygens (including phenoxy) is 1. The highest BCUT2D eigenvalue weighted by Gasteiger charge is 2.32. The molecule has 1 fully saturated rings. The zero-order valence-corrected chi connectivity index (χ0v) is 13.2. The standard InChI is InChI=1S/C17H22F3NO2/c1-12-6-8-13(9-7-12)11-21-16(22)10-14-4-2-3-5-15(14)23-17(18,19)20/h2-5,12-13H,6-11H2,1H3,(H,21,22). The van der Waals surface area contributed by atoms with Crippen molar-refractivity contribution in [2.45, 2.75) is 45.4 Å². The van der Waals surface area contributed by atoms with Crippen LogP contribution >= 0.6 is 0 Å². The zero-order chi connectivity index (χ0) is 16.9. The van der Waals surface area contributed by atoms with Crippen LogP contribution in [-0.2, 0) is 11.2 Å². The molecule has 2 rings (SSSR count). The molecule has 0 saturated heterocycles. The van der Waals surface area contributed by atoms with Crippen molar-refractivity contribution in [1.82, 2.24) is 5.32 Å². The maximum atomic E-state index is 12.4. The van der Waals surface area contributed by atoms with Gasteiger partial charge in [-0.05, 0) is 30.7 Å². The summed E-state index contributed by atoms with van der Waals surface area (Å²) in [6, 6.07) is 5.74. The van der Waals surface area contributed by atoms with Gasteiger partial charge in [0.15, 0.2) is 0 Å². The number of hydrogen-bond acceptors (Lipinski definition) is 2. The normalized spacial score (nSPS) is 21.7. The Morgan fingerprint density at radius 2 is 1.87 bits per heavy atom. The molecule has 0 spiro atoms. The summed E-state index contributed by atoms with van der Waals surface area (Å²) in [4.78, 5) is 12.0. The van der Waals surface area contributed by atoms with E-state index >= 15 is 0 Å². The molecule has 0 unspecified atom stereocenters. The highest BCUT2D eigenvalue weighted by atomic mass is 19.4. The minimum atomic E-state index is -4.76. The predicted molar refractivity (Wildman–Crippen MR) is 81.0 cm³/mol. The molecule has 6 heteroatoms. The van der Waals surface area contributed by atoms with Gasteiger partial charge in [-0.1, -0.05) is 38.0 Å². The Bertz CT molecular complexity index is 523. The minimum Gasteiger partial charge on any atom is -0.405 e. The number of carbonyl (C=O) groups excluding carboxylic acids is 1. The van der Waals surface area contributed by atoms with Gasteiger partial charge < -0.3 is 10.1 Å². The lowest BCUT2D eigenvalue weighted by atomic mass is 9.83. The Hall–Kier alpha value is -1.72. The Labute approximate surface area is 134 Å². The topological polar surface area (TPSA) is 38.3 Å². The van der Waals surface area contributed by atoms with Gasteiger partial charge >= 0.3 is 6.36 Å². The highest BCUT2D eigenvalue weighted by Crippen LogP contribution is 2.28. The van der Waals surface area contributed by atoms with E-state index < -0.39 is 6.36 Å². The Balaban J connectivity index is 1.85. The van der Waals surface area contributed by atoms with Crippen LogP contribution in [0.15, 0.2) is 24.3 Å². The van der Waals surface area contributed by atoms with E-state index in [9.17, 15) is 18.0 Å². The smallest absolute Gasteiger partial charge is 0.405 e. The Kier molecular flexibility index (Phi) is 5.91. The summed E-state index contributed by atoms with van der Waals surface area (Å²) in [6.07, 6.45) is -0.350. The third-order valence-electron chi connectivity index (χ3n) is 4.27. The van der Waals surface area contributed by atoms with Gasteiger partial charge in [-0.2, -0.15) is 0 Å². The van der Waals surface area contributed by atoms with Crippen LogP contribution in [0, 0.1) is 11.8 Å². The van der Waals surface area contributed by atoms with Gasteiger partial charge in [-0.15, -0.1) is 13.2 Å². The number of amides is 1. The average Bonchev–Trinajstić information content (AvgIpc) is 2.47. The Morgan fingerprint density at radius 3 is 2.52 bits per heavy atom. The molecule has 1 aromatic carbocycles. The van der Waals surface area contributed by atoms with E-state index in [4.69, 9.17) is 0 Å². The molecule has 3 nitrogen and oxygen atoms in total. The molecular formula is C17H22F3NO2. The van der Waals surface area contributed by atoms with Gasteiger partial charge in [-0.3, -0.25) is 4.79 Å². The van der Waals surface area contributed by atoms with E-state index in [2.05, 4.69) is 17.0 Å². The monoisotopic (exact) mass is 329 g/mol. The van der Waals surface area contributed by atoms with E-state index in [1.54, 1.807) is 6.07 Å². The molecule has 1 N–H and O–H groups in total. The molecule has 1 aliphatic rings. The third kappa shape index (κ3) is 6.12. The van der Waals surface area contributed by atoms with Crippen molar-refractivity contribution >= 4 is 5.91 Å². The van der Waals surface area contributed by atoms with E-state index in [-0.39, 0.29) is 23.6 Å². The van der Waals surface area contributed by atoms with Crippen molar-refractivity contribution in [2.75, 3.05) is 6.54 Å². The summed E-state index contributed by atoms with van der Waals surface area (Å²) in [7, 11) is 0. The lowest BCUT2D eigenvalue weighted by Gasteiger charge is -2.26. The summed E-state index contributed by atoms with van der Waals surface area (Å²) in [5, 5.41) is 2.83. The van der Waals surface area contributed by atoms with Crippen LogP contribution in [0.25, 0.3) is 0 Å². The maximum Gasteiger partial charge on any atom is 0.573 e.